The summed E-state index contributed by atoms with van der Waals surface area (Å²) in [5, 5.41) is 6.00. The molecule has 2 aromatic rings. The van der Waals surface area contributed by atoms with Gasteiger partial charge in [0.2, 0.25) is 11.8 Å². The number of amides is 4. The Morgan fingerprint density at radius 3 is 2.51 bits per heavy atom. The Balaban J connectivity index is 1.26. The Kier molecular flexibility index (Phi) is 7.90. The first-order chi connectivity index (χ1) is 17.0. The first kappa shape index (κ1) is 24.6. The molecule has 1 saturated heterocycles. The van der Waals surface area contributed by atoms with Crippen molar-refractivity contribution in [2.24, 2.45) is 11.8 Å². The number of hydrogen-bond acceptors (Lipinski definition) is 5. The largest absolute Gasteiger partial charge is 0.493 e. The average Bonchev–Trinajstić information content (AvgIpc) is 2.88. The van der Waals surface area contributed by atoms with Crippen LogP contribution in [0.25, 0.3) is 0 Å². The zero-order valence-corrected chi connectivity index (χ0v) is 20.3. The van der Waals surface area contributed by atoms with Crippen molar-refractivity contribution < 1.29 is 23.9 Å². The molecule has 0 spiro atoms. The fourth-order valence-electron chi connectivity index (χ4n) is 5.01. The third-order valence-corrected chi connectivity index (χ3v) is 6.99. The molecule has 3 atom stereocenters. The van der Waals surface area contributed by atoms with Crippen LogP contribution in [0.3, 0.4) is 0 Å². The number of urea groups is 1. The van der Waals surface area contributed by atoms with Crippen LogP contribution < -0.4 is 20.1 Å². The summed E-state index contributed by atoms with van der Waals surface area (Å²) in [5.74, 6) is 0.689. The molecule has 4 rings (SSSR count). The quantitative estimate of drug-likeness (QED) is 0.577. The van der Waals surface area contributed by atoms with Crippen molar-refractivity contribution in [2.45, 2.75) is 38.1 Å². The smallest absolute Gasteiger partial charge is 0.324 e. The van der Waals surface area contributed by atoms with Crippen molar-refractivity contribution in [3.63, 3.8) is 0 Å². The van der Waals surface area contributed by atoms with Crippen molar-refractivity contribution >= 4 is 17.8 Å². The number of nitrogens with one attached hydrogen (secondary N) is 2. The Labute approximate surface area is 206 Å². The van der Waals surface area contributed by atoms with Crippen molar-refractivity contribution in [3.8, 4) is 11.5 Å². The van der Waals surface area contributed by atoms with E-state index < -0.39 is 0 Å². The standard InChI is InChI=1S/C27H33N3O5/c1-34-23-11-8-19(16-24(23)35-2)12-14-28-25(31)20-9-10-21-22(17-20)29-27(33)30(26(21)32)15-13-18-6-4-3-5-7-18/h3-8,11,16,20-22H,9-10,12-15,17H2,1-2H3,(H,28,31)(H,29,33). The highest BCUT2D eigenvalue weighted by Gasteiger charge is 2.45. The predicted octanol–water partition coefficient (Wildman–Crippen LogP) is 2.94. The third kappa shape index (κ3) is 5.75. The minimum Gasteiger partial charge on any atom is -0.493 e. The maximum Gasteiger partial charge on any atom is 0.324 e. The summed E-state index contributed by atoms with van der Waals surface area (Å²) in [7, 11) is 3.19. The molecule has 8 heteroatoms. The molecule has 1 aliphatic carbocycles. The molecule has 1 heterocycles. The predicted molar refractivity (Wildman–Crippen MR) is 131 cm³/mol. The number of carbonyl (C=O) groups is 3. The van der Waals surface area contributed by atoms with E-state index in [0.717, 1.165) is 11.1 Å². The lowest BCUT2D eigenvalue weighted by Gasteiger charge is -2.42. The number of benzene rings is 2. The highest BCUT2D eigenvalue weighted by Crippen LogP contribution is 2.33. The fraction of sp³-hybridized carbons (Fsp3) is 0.444. The number of imide groups is 1. The molecule has 35 heavy (non-hydrogen) atoms. The second kappa shape index (κ2) is 11.3. The third-order valence-electron chi connectivity index (χ3n) is 6.99. The summed E-state index contributed by atoms with van der Waals surface area (Å²) >= 11 is 0. The number of nitrogens with zero attached hydrogens (tertiary/aromatic N) is 1. The lowest BCUT2D eigenvalue weighted by molar-refractivity contribution is -0.139. The lowest BCUT2D eigenvalue weighted by atomic mass is 9.76. The van der Waals surface area contributed by atoms with E-state index in [1.807, 2.05) is 48.5 Å². The number of carbonyl (C=O) groups excluding carboxylic acids is 3. The Bertz CT molecular complexity index is 1060. The second-order valence-corrected chi connectivity index (χ2v) is 9.13. The maximum atomic E-state index is 13.0. The van der Waals surface area contributed by atoms with Gasteiger partial charge in [0.25, 0.3) is 0 Å². The molecular weight excluding hydrogens is 446 g/mol. The Morgan fingerprint density at radius 2 is 1.77 bits per heavy atom. The minimum atomic E-state index is -0.360. The van der Waals surface area contributed by atoms with Gasteiger partial charge in [0.1, 0.15) is 0 Å². The SMILES string of the molecule is COc1ccc(CCNC(=O)C2CCC3C(=O)N(CCc4ccccc4)C(=O)NC3C2)cc1OC. The van der Waals surface area contributed by atoms with Crippen LogP contribution in [0.5, 0.6) is 11.5 Å². The second-order valence-electron chi connectivity index (χ2n) is 9.13. The molecule has 2 N–H and O–H groups in total. The van der Waals surface area contributed by atoms with Gasteiger partial charge in [-0.1, -0.05) is 36.4 Å². The molecule has 1 saturated carbocycles. The van der Waals surface area contributed by atoms with E-state index >= 15 is 0 Å². The summed E-state index contributed by atoms with van der Waals surface area (Å²) in [6, 6.07) is 14.9. The molecule has 4 amide bonds. The Morgan fingerprint density at radius 1 is 1.00 bits per heavy atom. The summed E-state index contributed by atoms with van der Waals surface area (Å²) in [6.45, 7) is 0.857. The topological polar surface area (TPSA) is 97.0 Å². The number of hydrogen-bond donors (Lipinski definition) is 2. The lowest BCUT2D eigenvalue weighted by Crippen LogP contribution is -2.62. The number of fused-ring (bicyclic) bond motifs is 1. The first-order valence-electron chi connectivity index (χ1n) is 12.1. The number of methoxy groups -OCH3 is 2. The van der Waals surface area contributed by atoms with Crippen LogP contribution in [0, 0.1) is 11.8 Å². The van der Waals surface area contributed by atoms with Crippen LogP contribution in [0.2, 0.25) is 0 Å². The zero-order chi connectivity index (χ0) is 24.8. The van der Waals surface area contributed by atoms with E-state index in [1.54, 1.807) is 14.2 Å². The van der Waals surface area contributed by atoms with Gasteiger partial charge in [-0.15, -0.1) is 0 Å². The van der Waals surface area contributed by atoms with Crippen molar-refractivity contribution in [1.29, 1.82) is 0 Å². The molecule has 0 bridgehead atoms. The van der Waals surface area contributed by atoms with Gasteiger partial charge in [0, 0.05) is 25.0 Å². The average molecular weight is 480 g/mol. The van der Waals surface area contributed by atoms with E-state index in [4.69, 9.17) is 9.47 Å². The molecule has 2 aliphatic rings. The van der Waals surface area contributed by atoms with E-state index in [0.29, 0.717) is 56.7 Å². The van der Waals surface area contributed by atoms with Crippen LogP contribution in [0.4, 0.5) is 4.79 Å². The van der Waals surface area contributed by atoms with Gasteiger partial charge in [-0.2, -0.15) is 0 Å². The summed E-state index contributed by atoms with van der Waals surface area (Å²) in [4.78, 5) is 39.8. The highest BCUT2D eigenvalue weighted by molar-refractivity contribution is 5.99. The normalized spacial score (nSPS) is 21.7. The van der Waals surface area contributed by atoms with Crippen molar-refractivity contribution in [3.05, 3.63) is 59.7 Å². The maximum absolute atomic E-state index is 13.0. The van der Waals surface area contributed by atoms with Gasteiger partial charge in [0.05, 0.1) is 20.1 Å². The summed E-state index contributed by atoms with van der Waals surface area (Å²) < 4.78 is 10.6. The van der Waals surface area contributed by atoms with Crippen LogP contribution in [-0.4, -0.2) is 56.1 Å². The first-order valence-corrected chi connectivity index (χ1v) is 12.1. The highest BCUT2D eigenvalue weighted by atomic mass is 16.5. The zero-order valence-electron chi connectivity index (χ0n) is 20.3. The molecule has 2 aromatic carbocycles. The van der Waals surface area contributed by atoms with E-state index in [9.17, 15) is 14.4 Å². The van der Waals surface area contributed by atoms with Gasteiger partial charge < -0.3 is 20.1 Å². The van der Waals surface area contributed by atoms with E-state index in [2.05, 4.69) is 10.6 Å². The van der Waals surface area contributed by atoms with Crippen LogP contribution in [0.15, 0.2) is 48.5 Å². The van der Waals surface area contributed by atoms with Gasteiger partial charge in [-0.25, -0.2) is 4.79 Å². The molecule has 0 radical (unpaired) electrons. The monoisotopic (exact) mass is 479 g/mol. The number of ether oxygens (including phenoxy) is 2. The molecule has 2 fully saturated rings. The summed E-state index contributed by atoms with van der Waals surface area (Å²) in [6.07, 6.45) is 3.01. The van der Waals surface area contributed by atoms with Gasteiger partial charge in [0.15, 0.2) is 11.5 Å². The van der Waals surface area contributed by atoms with E-state index in [-0.39, 0.29) is 35.7 Å². The van der Waals surface area contributed by atoms with Crippen LogP contribution >= 0.6 is 0 Å². The Hall–Kier alpha value is -3.55. The van der Waals surface area contributed by atoms with Gasteiger partial charge in [-0.05, 0) is 55.4 Å². The minimum absolute atomic E-state index is 0.0304. The van der Waals surface area contributed by atoms with Gasteiger partial charge in [-0.3, -0.25) is 14.5 Å². The van der Waals surface area contributed by atoms with E-state index in [1.165, 1.54) is 4.90 Å². The molecule has 1 aliphatic heterocycles. The van der Waals surface area contributed by atoms with Crippen LogP contribution in [-0.2, 0) is 22.4 Å². The number of rotatable bonds is 9. The van der Waals surface area contributed by atoms with Crippen LogP contribution in [0.1, 0.15) is 30.4 Å². The molecular formula is C27H33N3O5. The van der Waals surface area contributed by atoms with Crippen molar-refractivity contribution in [1.82, 2.24) is 15.5 Å². The molecule has 0 aromatic heterocycles. The molecule has 3 unspecified atom stereocenters. The fourth-order valence-corrected chi connectivity index (χ4v) is 5.01. The van der Waals surface area contributed by atoms with Crippen molar-refractivity contribution in [2.75, 3.05) is 27.3 Å². The van der Waals surface area contributed by atoms with Gasteiger partial charge >= 0.3 is 6.03 Å². The molecule has 186 valence electrons. The molecule has 8 nitrogen and oxygen atoms in total. The summed E-state index contributed by atoms with van der Waals surface area (Å²) in [5.41, 5.74) is 2.12.